The summed E-state index contributed by atoms with van der Waals surface area (Å²) in [5.41, 5.74) is -2.35. The van der Waals surface area contributed by atoms with Crippen LogP contribution in [0, 0.1) is 11.3 Å². The monoisotopic (exact) mass is 769 g/mol. The molecule has 1 aromatic heterocycles. The number of carbonyl (C=O) groups is 3. The minimum absolute atomic E-state index is 0.0424. The van der Waals surface area contributed by atoms with Crippen LogP contribution in [-0.4, -0.2) is 85.3 Å². The second-order valence-corrected chi connectivity index (χ2v) is 17.9. The van der Waals surface area contributed by atoms with E-state index < -0.39 is 63.0 Å². The first-order valence-electron chi connectivity index (χ1n) is 19.1. The van der Waals surface area contributed by atoms with Gasteiger partial charge in [0.05, 0.1) is 25.3 Å². The maximum atomic E-state index is 14.9. The highest BCUT2D eigenvalue weighted by Crippen LogP contribution is 2.50. The molecule has 14 nitrogen and oxygen atoms in total. The van der Waals surface area contributed by atoms with Crippen LogP contribution < -0.4 is 24.8 Å². The van der Waals surface area contributed by atoms with Gasteiger partial charge >= 0.3 is 16.4 Å². The number of likely N-dealkylation sites (tertiary alicyclic amines) is 1. The Morgan fingerprint density at radius 1 is 1.09 bits per heavy atom. The Morgan fingerprint density at radius 3 is 2.44 bits per heavy atom. The fourth-order valence-electron chi connectivity index (χ4n) is 7.99. The van der Waals surface area contributed by atoms with Crippen molar-refractivity contribution in [2.45, 2.75) is 134 Å². The summed E-state index contributed by atoms with van der Waals surface area (Å²) in [6.45, 7) is 13.3. The van der Waals surface area contributed by atoms with Crippen molar-refractivity contribution in [2.24, 2.45) is 11.3 Å². The Hall–Kier alpha value is -4.11. The first-order valence-corrected chi connectivity index (χ1v) is 20.5. The van der Waals surface area contributed by atoms with Crippen LogP contribution in [0.1, 0.15) is 98.8 Å². The number of hydrogen-bond donors (Lipinski definition) is 3. The third kappa shape index (κ3) is 8.88. The van der Waals surface area contributed by atoms with Gasteiger partial charge in [-0.2, -0.15) is 8.42 Å². The van der Waals surface area contributed by atoms with Crippen molar-refractivity contribution >= 4 is 39.0 Å². The lowest BCUT2D eigenvalue weighted by molar-refractivity contribution is -0.143. The van der Waals surface area contributed by atoms with E-state index in [0.717, 1.165) is 30.0 Å². The number of carbonyl (C=O) groups excluding carboxylic acids is 3. The predicted molar refractivity (Wildman–Crippen MR) is 202 cm³/mol. The van der Waals surface area contributed by atoms with Gasteiger partial charge in [-0.25, -0.2) is 9.78 Å². The summed E-state index contributed by atoms with van der Waals surface area (Å²) in [6, 6.07) is 5.38. The molecule has 0 unspecified atom stereocenters. The molecule has 54 heavy (non-hydrogen) atoms. The number of nitrogens with one attached hydrogen (secondary N) is 3. The van der Waals surface area contributed by atoms with Gasteiger partial charge in [-0.15, -0.1) is 0 Å². The molecule has 3 amide bonds. The molecule has 0 spiro atoms. The van der Waals surface area contributed by atoms with Crippen LogP contribution in [0.5, 0.6) is 11.6 Å². The summed E-state index contributed by atoms with van der Waals surface area (Å²) >= 11 is 0. The van der Waals surface area contributed by atoms with Crippen LogP contribution in [0.3, 0.4) is 0 Å². The highest BCUT2D eigenvalue weighted by Gasteiger charge is 2.59. The number of fused-ring (bicyclic) bond motifs is 1. The topological polar surface area (TPSA) is 174 Å². The molecule has 1 saturated heterocycles. The van der Waals surface area contributed by atoms with E-state index in [1.165, 1.54) is 4.90 Å². The van der Waals surface area contributed by atoms with Gasteiger partial charge in [0.2, 0.25) is 17.7 Å². The average Bonchev–Trinajstić information content (AvgIpc) is 4.02. The maximum absolute atomic E-state index is 14.9. The maximum Gasteiger partial charge on any atom is 0.408 e. The molecule has 1 aromatic carbocycles. The van der Waals surface area contributed by atoms with E-state index in [1.54, 1.807) is 34.1 Å². The van der Waals surface area contributed by atoms with Crippen molar-refractivity contribution in [1.29, 1.82) is 0 Å². The molecule has 0 bridgehead atoms. The van der Waals surface area contributed by atoms with Crippen LogP contribution in [0.2, 0.25) is 0 Å². The van der Waals surface area contributed by atoms with Crippen molar-refractivity contribution in [3.63, 3.8) is 0 Å². The Kier molecular flexibility index (Phi) is 11.1. The van der Waals surface area contributed by atoms with Gasteiger partial charge in [0, 0.05) is 23.7 Å². The molecular formula is C39H55N5O9S. The second kappa shape index (κ2) is 15.2. The number of rotatable bonds is 14. The highest BCUT2D eigenvalue weighted by molar-refractivity contribution is 7.84. The molecule has 6 rings (SSSR count). The molecule has 4 fully saturated rings. The van der Waals surface area contributed by atoms with E-state index in [1.807, 2.05) is 38.1 Å². The first-order chi connectivity index (χ1) is 25.5. The number of nitrogens with zero attached hydrogens (tertiary/aromatic N) is 2. The predicted octanol–water partition coefficient (Wildman–Crippen LogP) is 5.27. The third-order valence-corrected chi connectivity index (χ3v) is 12.2. The summed E-state index contributed by atoms with van der Waals surface area (Å²) in [5.74, 6) is 0.0426. The molecule has 2 heterocycles. The third-order valence-electron chi connectivity index (χ3n) is 11.2. The van der Waals surface area contributed by atoms with Gasteiger partial charge in [0.25, 0.3) is 0 Å². The fraction of sp³-hybridized carbons (Fsp3) is 0.641. The van der Waals surface area contributed by atoms with Gasteiger partial charge in [-0.05, 0) is 93.9 Å². The Morgan fingerprint density at radius 2 is 1.81 bits per heavy atom. The van der Waals surface area contributed by atoms with Gasteiger partial charge in [-0.1, -0.05) is 46.1 Å². The SMILES string of the molecule is C=C(NS(=O)(=O)OC1CC1)[C@@]1(NC(=O)[C@@H]2C[C@@H](Oc3nccc4cc(OC)ccc34)CN2C(=O)[C@@H](NC(=O)OC(C)(C)C)C2(C)CCCCC2)C[C@H]1CC. The number of benzene rings is 1. The zero-order valence-electron chi connectivity index (χ0n) is 32.2. The Balaban J connectivity index is 1.30. The zero-order chi connectivity index (χ0) is 39.1. The quantitative estimate of drug-likeness (QED) is 0.230. The number of alkyl carbamates (subject to hydrolysis) is 1. The van der Waals surface area contributed by atoms with Crippen LogP contribution in [0.25, 0.3) is 10.8 Å². The summed E-state index contributed by atoms with van der Waals surface area (Å²) in [4.78, 5) is 48.8. The van der Waals surface area contributed by atoms with Crippen LogP contribution in [0.15, 0.2) is 42.7 Å². The van der Waals surface area contributed by atoms with E-state index in [0.29, 0.717) is 50.2 Å². The summed E-state index contributed by atoms with van der Waals surface area (Å²) in [5, 5.41) is 7.59. The molecule has 3 N–H and O–H groups in total. The van der Waals surface area contributed by atoms with Gasteiger partial charge < -0.3 is 29.7 Å². The molecule has 2 aromatic rings. The standard InChI is InChI=1S/C39H55N5O9S/c1-8-26-22-39(26,24(2)43-54(48,49)53-27-12-13-27)42-33(45)31-21-29(51-34-30-15-14-28(50-7)20-25(30)16-19-40-34)23-44(31)35(46)32(38(6)17-10-9-11-18-38)41-36(47)52-37(3,4)5/h14-16,19-20,26-27,29,31-32,43H,2,8-13,17-18,21-23H2,1,3-7H3,(H,41,47)(H,42,45)/t26-,29-,31+,32-,39+/m1/s1. The van der Waals surface area contributed by atoms with Crippen molar-refractivity contribution in [2.75, 3.05) is 13.7 Å². The Labute approximate surface area is 318 Å². The van der Waals surface area contributed by atoms with Crippen molar-refractivity contribution in [3.8, 4) is 11.6 Å². The van der Waals surface area contributed by atoms with Gasteiger partial charge in [0.15, 0.2) is 0 Å². The van der Waals surface area contributed by atoms with Crippen molar-refractivity contribution < 1.29 is 41.2 Å². The summed E-state index contributed by atoms with van der Waals surface area (Å²) < 4.78 is 50.7. The molecule has 3 aliphatic carbocycles. The second-order valence-electron chi connectivity index (χ2n) is 16.6. The number of amides is 3. The number of methoxy groups -OCH3 is 1. The molecular weight excluding hydrogens is 715 g/mol. The number of ether oxygens (including phenoxy) is 3. The number of aromatic nitrogens is 1. The molecule has 0 radical (unpaired) electrons. The zero-order valence-corrected chi connectivity index (χ0v) is 33.1. The van der Waals surface area contributed by atoms with Crippen LogP contribution >= 0.6 is 0 Å². The van der Waals surface area contributed by atoms with Crippen LogP contribution in [-0.2, 0) is 28.8 Å². The molecule has 3 saturated carbocycles. The molecule has 1 aliphatic heterocycles. The first kappa shape index (κ1) is 39.6. The normalized spacial score (nSPS) is 25.7. The average molecular weight is 770 g/mol. The Bertz CT molecular complexity index is 1870. The minimum atomic E-state index is -4.14. The van der Waals surface area contributed by atoms with E-state index in [-0.39, 0.29) is 30.7 Å². The lowest BCUT2D eigenvalue weighted by Crippen LogP contribution is -2.60. The molecule has 296 valence electrons. The van der Waals surface area contributed by atoms with Crippen molar-refractivity contribution in [1.82, 2.24) is 25.2 Å². The number of pyridine rings is 1. The van der Waals surface area contributed by atoms with E-state index in [9.17, 15) is 22.8 Å². The summed E-state index contributed by atoms with van der Waals surface area (Å²) in [6.07, 6.45) is 6.71. The van der Waals surface area contributed by atoms with E-state index >= 15 is 0 Å². The summed E-state index contributed by atoms with van der Waals surface area (Å²) in [7, 11) is -2.55. The van der Waals surface area contributed by atoms with Gasteiger partial charge in [-0.3, -0.25) is 18.5 Å². The van der Waals surface area contributed by atoms with Crippen molar-refractivity contribution in [3.05, 3.63) is 42.7 Å². The molecule has 15 heteroatoms. The number of hydrogen-bond acceptors (Lipinski definition) is 10. The largest absolute Gasteiger partial charge is 0.497 e. The lowest BCUT2D eigenvalue weighted by Gasteiger charge is -2.42. The van der Waals surface area contributed by atoms with Gasteiger partial charge in [0.1, 0.15) is 29.5 Å². The smallest absolute Gasteiger partial charge is 0.408 e. The highest BCUT2D eigenvalue weighted by atomic mass is 32.2. The lowest BCUT2D eigenvalue weighted by atomic mass is 9.70. The fourth-order valence-corrected chi connectivity index (χ4v) is 9.07. The minimum Gasteiger partial charge on any atom is -0.497 e. The van der Waals surface area contributed by atoms with Crippen LogP contribution in [0.4, 0.5) is 4.79 Å². The molecule has 4 aliphatic rings. The van der Waals surface area contributed by atoms with E-state index in [4.69, 9.17) is 18.4 Å². The molecule has 5 atom stereocenters. The van der Waals surface area contributed by atoms with E-state index in [2.05, 4.69) is 26.9 Å².